The lowest BCUT2D eigenvalue weighted by Gasteiger charge is -2.30. The van der Waals surface area contributed by atoms with Gasteiger partial charge in [0.05, 0.1) is 17.3 Å². The van der Waals surface area contributed by atoms with Gasteiger partial charge in [-0.05, 0) is 67.8 Å². The Kier molecular flexibility index (Phi) is 3.50. The molecular weight excluding hydrogens is 326 g/mol. The summed E-state index contributed by atoms with van der Waals surface area (Å²) in [6.45, 7) is 6.31. The molecule has 5 heteroatoms. The normalized spacial score (nSPS) is 21.1. The third-order valence-electron chi connectivity index (χ3n) is 5.42. The number of carbonyl (C=O) groups is 1. The van der Waals surface area contributed by atoms with Gasteiger partial charge in [-0.2, -0.15) is 5.26 Å². The summed E-state index contributed by atoms with van der Waals surface area (Å²) in [6.07, 6.45) is 0.302. The number of carbonyl (C=O) groups excluding carboxylic acids is 1. The van der Waals surface area contributed by atoms with Crippen LogP contribution in [0.4, 0.5) is 11.4 Å². The first-order valence-corrected chi connectivity index (χ1v) is 8.61. The largest absolute Gasteiger partial charge is 0.374 e. The molecule has 0 spiro atoms. The lowest BCUT2D eigenvalue weighted by Crippen LogP contribution is -2.48. The van der Waals surface area contributed by atoms with Gasteiger partial charge in [0.15, 0.2) is 5.60 Å². The monoisotopic (exact) mass is 345 g/mol. The summed E-state index contributed by atoms with van der Waals surface area (Å²) in [7, 11) is 0. The van der Waals surface area contributed by atoms with Crippen molar-refractivity contribution in [1.29, 1.82) is 5.26 Å². The highest BCUT2D eigenvalue weighted by Crippen LogP contribution is 2.40. The van der Waals surface area contributed by atoms with E-state index in [-0.39, 0.29) is 5.78 Å². The Bertz CT molecular complexity index is 1030. The van der Waals surface area contributed by atoms with Crippen molar-refractivity contribution < 1.29 is 9.90 Å². The average molecular weight is 345 g/mol. The van der Waals surface area contributed by atoms with Crippen LogP contribution in [-0.4, -0.2) is 28.9 Å². The molecule has 2 aromatic carbocycles. The molecule has 0 saturated carbocycles. The summed E-state index contributed by atoms with van der Waals surface area (Å²) < 4.78 is 0. The number of nitrogens with zero attached hydrogens (tertiary/aromatic N) is 3. The molecule has 1 atom stereocenters. The molecule has 1 unspecified atom stereocenters. The maximum atomic E-state index is 13.0. The number of hydrogen-bond donors (Lipinski definition) is 1. The third-order valence-corrected chi connectivity index (χ3v) is 5.42. The number of anilines is 1. The van der Waals surface area contributed by atoms with E-state index in [1.807, 2.05) is 49.9 Å². The zero-order valence-electron chi connectivity index (χ0n) is 15.0. The fourth-order valence-electron chi connectivity index (χ4n) is 3.69. The van der Waals surface area contributed by atoms with E-state index in [0.717, 1.165) is 22.4 Å². The van der Waals surface area contributed by atoms with Gasteiger partial charge in [0, 0.05) is 24.2 Å². The summed E-state index contributed by atoms with van der Waals surface area (Å²) in [5.41, 5.74) is 3.87. The van der Waals surface area contributed by atoms with Crippen LogP contribution in [0.2, 0.25) is 0 Å². The predicted molar refractivity (Wildman–Crippen MR) is 100 cm³/mol. The molecule has 130 valence electrons. The highest BCUT2D eigenvalue weighted by molar-refractivity contribution is 6.28. The minimum absolute atomic E-state index is 0.284. The van der Waals surface area contributed by atoms with Gasteiger partial charge >= 0.3 is 0 Å². The Morgan fingerprint density at radius 3 is 2.58 bits per heavy atom. The van der Waals surface area contributed by atoms with Crippen molar-refractivity contribution in [2.24, 2.45) is 4.99 Å². The number of rotatable bonds is 1. The van der Waals surface area contributed by atoms with Gasteiger partial charge in [0.25, 0.3) is 0 Å². The Hall–Kier alpha value is -2.97. The van der Waals surface area contributed by atoms with Crippen LogP contribution in [-0.2, 0) is 0 Å². The van der Waals surface area contributed by atoms with Crippen LogP contribution >= 0.6 is 0 Å². The first-order chi connectivity index (χ1) is 12.3. The minimum Gasteiger partial charge on any atom is -0.374 e. The number of aryl methyl sites for hydroxylation is 3. The molecule has 0 bridgehead atoms. The standard InChI is InChI=1S/C21H19N3O2/c1-12-9-17-18(10-13(12)2)23-20-21(26,19(17)25)6-7-24(20)16-5-4-15(11-22)14(3)8-16/h4-5,8-10,26H,6-7H2,1-3H3. The van der Waals surface area contributed by atoms with Crippen molar-refractivity contribution in [3.05, 3.63) is 58.1 Å². The van der Waals surface area contributed by atoms with E-state index in [9.17, 15) is 9.90 Å². The fraction of sp³-hybridized carbons (Fsp3) is 0.286. The predicted octanol–water partition coefficient (Wildman–Crippen LogP) is 3.35. The van der Waals surface area contributed by atoms with E-state index in [1.165, 1.54) is 0 Å². The molecule has 4 rings (SSSR count). The number of ketones is 1. The van der Waals surface area contributed by atoms with Crippen molar-refractivity contribution in [2.75, 3.05) is 11.4 Å². The molecule has 0 aromatic heterocycles. The van der Waals surface area contributed by atoms with Crippen LogP contribution in [0.15, 0.2) is 35.3 Å². The summed E-state index contributed by atoms with van der Waals surface area (Å²) >= 11 is 0. The van der Waals surface area contributed by atoms with Crippen molar-refractivity contribution in [2.45, 2.75) is 32.8 Å². The fourth-order valence-corrected chi connectivity index (χ4v) is 3.69. The van der Waals surface area contributed by atoms with Gasteiger partial charge < -0.3 is 10.0 Å². The number of aliphatic imine (C=N–C) groups is 1. The van der Waals surface area contributed by atoms with Crippen molar-refractivity contribution >= 4 is 23.0 Å². The first kappa shape index (κ1) is 16.5. The minimum atomic E-state index is -1.59. The summed E-state index contributed by atoms with van der Waals surface area (Å²) in [5.74, 6) is 0.0934. The van der Waals surface area contributed by atoms with Gasteiger partial charge in [-0.1, -0.05) is 0 Å². The Labute approximate surface area is 152 Å². The van der Waals surface area contributed by atoms with Crippen LogP contribution in [0, 0.1) is 32.1 Å². The number of aliphatic hydroxyl groups is 1. The zero-order valence-corrected chi connectivity index (χ0v) is 15.0. The second-order valence-electron chi connectivity index (χ2n) is 7.09. The second-order valence-corrected chi connectivity index (χ2v) is 7.09. The van der Waals surface area contributed by atoms with Gasteiger partial charge in [-0.3, -0.25) is 4.79 Å². The van der Waals surface area contributed by atoms with Gasteiger partial charge in [-0.25, -0.2) is 4.99 Å². The lowest BCUT2D eigenvalue weighted by molar-refractivity contribution is 0.0602. The molecule has 5 nitrogen and oxygen atoms in total. The smallest absolute Gasteiger partial charge is 0.204 e. The third kappa shape index (κ3) is 2.19. The molecule has 2 aliphatic rings. The van der Waals surface area contributed by atoms with Crippen molar-refractivity contribution in [3.63, 3.8) is 0 Å². The van der Waals surface area contributed by atoms with Crippen LogP contribution in [0.3, 0.4) is 0 Å². The van der Waals surface area contributed by atoms with Crippen LogP contribution < -0.4 is 4.90 Å². The van der Waals surface area contributed by atoms with Crippen LogP contribution in [0.5, 0.6) is 0 Å². The number of hydrogen-bond acceptors (Lipinski definition) is 5. The Morgan fingerprint density at radius 2 is 1.88 bits per heavy atom. The maximum Gasteiger partial charge on any atom is 0.204 e. The van der Waals surface area contributed by atoms with E-state index in [4.69, 9.17) is 5.26 Å². The number of Topliss-reactive ketones (excluding diaryl/α,β-unsaturated/α-hetero) is 1. The molecule has 0 amide bonds. The SMILES string of the molecule is Cc1cc2c(cc1C)C(=O)C1(O)CCN(c3ccc(C#N)c(C)c3)C1=N2. The number of nitriles is 1. The van der Waals surface area contributed by atoms with E-state index in [0.29, 0.717) is 35.6 Å². The van der Waals surface area contributed by atoms with Crippen molar-refractivity contribution in [3.8, 4) is 6.07 Å². The molecule has 0 aliphatic carbocycles. The molecule has 1 fully saturated rings. The molecular formula is C21H19N3O2. The van der Waals surface area contributed by atoms with Crippen molar-refractivity contribution in [1.82, 2.24) is 0 Å². The highest BCUT2D eigenvalue weighted by Gasteiger charge is 2.52. The maximum absolute atomic E-state index is 13.0. The summed E-state index contributed by atoms with van der Waals surface area (Å²) in [4.78, 5) is 19.6. The van der Waals surface area contributed by atoms with E-state index in [1.54, 1.807) is 6.07 Å². The van der Waals surface area contributed by atoms with Gasteiger partial charge in [-0.15, -0.1) is 0 Å². The Morgan fingerprint density at radius 1 is 1.15 bits per heavy atom. The number of amidine groups is 1. The summed E-state index contributed by atoms with van der Waals surface area (Å²) in [6, 6.07) is 11.4. The van der Waals surface area contributed by atoms with Gasteiger partial charge in [0.1, 0.15) is 5.84 Å². The molecule has 1 N–H and O–H groups in total. The molecule has 2 aliphatic heterocycles. The van der Waals surface area contributed by atoms with E-state index in [2.05, 4.69) is 11.1 Å². The molecule has 26 heavy (non-hydrogen) atoms. The quantitative estimate of drug-likeness (QED) is 0.860. The number of fused-ring (bicyclic) bond motifs is 2. The van der Waals surface area contributed by atoms with E-state index < -0.39 is 5.60 Å². The number of benzene rings is 2. The lowest BCUT2D eigenvalue weighted by atomic mass is 9.86. The van der Waals surface area contributed by atoms with Gasteiger partial charge in [0.2, 0.25) is 5.78 Å². The zero-order chi connectivity index (χ0) is 18.6. The van der Waals surface area contributed by atoms with Crippen LogP contribution in [0.25, 0.3) is 0 Å². The van der Waals surface area contributed by atoms with E-state index >= 15 is 0 Å². The molecule has 2 heterocycles. The Balaban J connectivity index is 1.86. The van der Waals surface area contributed by atoms with Crippen LogP contribution in [0.1, 0.15) is 39.0 Å². The summed E-state index contributed by atoms with van der Waals surface area (Å²) in [5, 5.41) is 20.2. The topological polar surface area (TPSA) is 76.7 Å². The molecule has 2 aromatic rings. The molecule has 0 radical (unpaired) electrons. The highest BCUT2D eigenvalue weighted by atomic mass is 16.3. The first-order valence-electron chi connectivity index (χ1n) is 8.61. The second kappa shape index (κ2) is 5.52. The molecule has 1 saturated heterocycles. The average Bonchev–Trinajstić information content (AvgIpc) is 2.95.